The monoisotopic (exact) mass is 263 g/mol. The van der Waals surface area contributed by atoms with Gasteiger partial charge < -0.3 is 4.74 Å². The summed E-state index contributed by atoms with van der Waals surface area (Å²) in [5.74, 6) is 0.0514. The summed E-state index contributed by atoms with van der Waals surface area (Å²) >= 11 is 3.11. The summed E-state index contributed by atoms with van der Waals surface area (Å²) in [5.41, 5.74) is 0. The van der Waals surface area contributed by atoms with Crippen LogP contribution >= 0.6 is 15.9 Å². The van der Waals surface area contributed by atoms with E-state index in [1.807, 2.05) is 0 Å². The van der Waals surface area contributed by atoms with Gasteiger partial charge in [-0.2, -0.15) is 0 Å². The van der Waals surface area contributed by atoms with Crippen molar-refractivity contribution in [3.8, 4) is 0 Å². The van der Waals surface area contributed by atoms with Crippen LogP contribution in [0, 0.1) is 0 Å². The van der Waals surface area contributed by atoms with E-state index in [1.54, 1.807) is 6.92 Å². The van der Waals surface area contributed by atoms with Gasteiger partial charge in [0.2, 0.25) is 0 Å². The van der Waals surface area contributed by atoms with Crippen molar-refractivity contribution in [2.24, 2.45) is 0 Å². The van der Waals surface area contributed by atoms with Gasteiger partial charge in [0.1, 0.15) is 0 Å². The van der Waals surface area contributed by atoms with Gasteiger partial charge in [0.25, 0.3) is 0 Å². The number of likely N-dealkylation sites (tertiary alicyclic amines) is 1. The van der Waals surface area contributed by atoms with E-state index < -0.39 is 0 Å². The van der Waals surface area contributed by atoms with E-state index in [4.69, 9.17) is 4.74 Å². The van der Waals surface area contributed by atoms with Crippen LogP contribution in [0.5, 0.6) is 0 Å². The first-order chi connectivity index (χ1) is 6.70. The Kier molecular flexibility index (Phi) is 4.38. The molecule has 0 aromatic rings. The molecule has 14 heavy (non-hydrogen) atoms. The smallest absolute Gasteiger partial charge is 0.410 e. The van der Waals surface area contributed by atoms with Crippen molar-refractivity contribution >= 4 is 27.8 Å². The van der Waals surface area contributed by atoms with Crippen molar-refractivity contribution in [3.63, 3.8) is 0 Å². The molecule has 1 fully saturated rings. The topological polar surface area (TPSA) is 46.6 Å². The van der Waals surface area contributed by atoms with Crippen molar-refractivity contribution < 1.29 is 14.3 Å². The van der Waals surface area contributed by atoms with Gasteiger partial charge in [0.15, 0.2) is 5.78 Å². The second-order valence-corrected chi connectivity index (χ2v) is 3.71. The zero-order chi connectivity index (χ0) is 10.6. The quantitative estimate of drug-likeness (QED) is 0.727. The first-order valence-electron chi connectivity index (χ1n) is 4.72. The maximum atomic E-state index is 11.4. The summed E-state index contributed by atoms with van der Waals surface area (Å²) in [7, 11) is 0. The molecule has 80 valence electrons. The van der Waals surface area contributed by atoms with Crippen molar-refractivity contribution in [3.05, 3.63) is 0 Å². The number of halogens is 1. The van der Waals surface area contributed by atoms with Crippen LogP contribution in [0.25, 0.3) is 0 Å². The minimum absolute atomic E-state index is 0.0514. The van der Waals surface area contributed by atoms with Gasteiger partial charge in [0, 0.05) is 6.54 Å². The van der Waals surface area contributed by atoms with Crippen LogP contribution < -0.4 is 0 Å². The molecule has 0 saturated carbocycles. The number of alkyl halides is 1. The molecular formula is C9H14BrNO3. The molecule has 0 aromatic heterocycles. The molecular weight excluding hydrogens is 250 g/mol. The number of ketones is 1. The molecule has 0 radical (unpaired) electrons. The maximum Gasteiger partial charge on any atom is 0.410 e. The summed E-state index contributed by atoms with van der Waals surface area (Å²) in [4.78, 5) is 24.4. The van der Waals surface area contributed by atoms with Crippen LogP contribution in [0.2, 0.25) is 0 Å². The van der Waals surface area contributed by atoms with Crippen LogP contribution in [0.15, 0.2) is 0 Å². The standard InChI is InChI=1S/C9H14BrNO3/c1-2-14-9(13)11-5-3-4-7(11)8(12)6-10/h7H,2-6H2,1H3. The molecule has 0 aromatic carbocycles. The fourth-order valence-electron chi connectivity index (χ4n) is 1.62. The second-order valence-electron chi connectivity index (χ2n) is 3.15. The first-order valence-corrected chi connectivity index (χ1v) is 5.85. The third kappa shape index (κ3) is 2.47. The number of hydrogen-bond donors (Lipinski definition) is 0. The average Bonchev–Trinajstić information content (AvgIpc) is 2.65. The van der Waals surface area contributed by atoms with Gasteiger partial charge in [-0.25, -0.2) is 4.79 Å². The predicted molar refractivity (Wildman–Crippen MR) is 55.6 cm³/mol. The average molecular weight is 264 g/mol. The molecule has 1 atom stereocenters. The van der Waals surface area contributed by atoms with Crippen molar-refractivity contribution in [1.29, 1.82) is 0 Å². The molecule has 5 heteroatoms. The van der Waals surface area contributed by atoms with Gasteiger partial charge in [-0.15, -0.1) is 0 Å². The highest BCUT2D eigenvalue weighted by molar-refractivity contribution is 9.09. The molecule has 1 unspecified atom stereocenters. The van der Waals surface area contributed by atoms with Gasteiger partial charge in [-0.1, -0.05) is 15.9 Å². The largest absolute Gasteiger partial charge is 0.450 e. The minimum atomic E-state index is -0.371. The highest BCUT2D eigenvalue weighted by atomic mass is 79.9. The van der Waals surface area contributed by atoms with E-state index in [2.05, 4.69) is 15.9 Å². The molecule has 0 spiro atoms. The molecule has 0 aliphatic carbocycles. The third-order valence-corrected chi connectivity index (χ3v) is 2.81. The number of hydrogen-bond acceptors (Lipinski definition) is 3. The molecule has 0 bridgehead atoms. The number of carbonyl (C=O) groups excluding carboxylic acids is 2. The van der Waals surface area contributed by atoms with Crippen LogP contribution in [0.1, 0.15) is 19.8 Å². The molecule has 1 aliphatic rings. The fourth-order valence-corrected chi connectivity index (χ4v) is 1.99. The SMILES string of the molecule is CCOC(=O)N1CCCC1C(=O)CBr. The third-order valence-electron chi connectivity index (χ3n) is 2.26. The molecule has 1 rings (SSSR count). The zero-order valence-corrected chi connectivity index (χ0v) is 9.75. The number of ether oxygens (including phenoxy) is 1. The summed E-state index contributed by atoms with van der Waals surface area (Å²) in [6.45, 7) is 2.74. The van der Waals surface area contributed by atoms with Crippen molar-refractivity contribution in [1.82, 2.24) is 4.90 Å². The number of rotatable bonds is 3. The Hall–Kier alpha value is -0.580. The Morgan fingerprint density at radius 1 is 1.57 bits per heavy atom. The van der Waals surface area contributed by atoms with E-state index in [9.17, 15) is 9.59 Å². The normalized spacial score (nSPS) is 21.0. The van der Waals surface area contributed by atoms with E-state index in [0.29, 0.717) is 18.5 Å². The number of nitrogens with zero attached hydrogens (tertiary/aromatic N) is 1. The Morgan fingerprint density at radius 3 is 2.86 bits per heavy atom. The Bertz CT molecular complexity index is 232. The minimum Gasteiger partial charge on any atom is -0.450 e. The maximum absolute atomic E-state index is 11.4. The molecule has 4 nitrogen and oxygen atoms in total. The Balaban J connectivity index is 2.59. The van der Waals surface area contributed by atoms with Crippen LogP contribution in [-0.4, -0.2) is 41.3 Å². The summed E-state index contributed by atoms with van der Waals surface area (Å²) < 4.78 is 4.87. The predicted octanol–water partition coefficient (Wildman–Crippen LogP) is 1.57. The van der Waals surface area contributed by atoms with Gasteiger partial charge in [0.05, 0.1) is 18.0 Å². The van der Waals surface area contributed by atoms with E-state index >= 15 is 0 Å². The fraction of sp³-hybridized carbons (Fsp3) is 0.778. The Labute approximate surface area is 91.7 Å². The lowest BCUT2D eigenvalue weighted by atomic mass is 10.1. The first kappa shape index (κ1) is 11.5. The molecule has 1 aliphatic heterocycles. The van der Waals surface area contributed by atoms with Crippen LogP contribution in [0.4, 0.5) is 4.79 Å². The van der Waals surface area contributed by atoms with Gasteiger partial charge in [-0.05, 0) is 19.8 Å². The summed E-state index contributed by atoms with van der Waals surface area (Å²) in [6, 6.07) is -0.284. The molecule has 0 N–H and O–H groups in total. The highest BCUT2D eigenvalue weighted by Gasteiger charge is 2.33. The lowest BCUT2D eigenvalue weighted by molar-refractivity contribution is -0.120. The Morgan fingerprint density at radius 2 is 2.29 bits per heavy atom. The van der Waals surface area contributed by atoms with E-state index in [-0.39, 0.29) is 17.9 Å². The van der Waals surface area contributed by atoms with Crippen LogP contribution in [-0.2, 0) is 9.53 Å². The molecule has 1 saturated heterocycles. The summed E-state index contributed by atoms with van der Waals surface area (Å²) in [6.07, 6.45) is 1.26. The molecule has 1 heterocycles. The lowest BCUT2D eigenvalue weighted by Crippen LogP contribution is -2.41. The van der Waals surface area contributed by atoms with Crippen LogP contribution in [0.3, 0.4) is 0 Å². The van der Waals surface area contributed by atoms with Gasteiger partial charge >= 0.3 is 6.09 Å². The number of amides is 1. The highest BCUT2D eigenvalue weighted by Crippen LogP contribution is 2.19. The molecule has 1 amide bonds. The zero-order valence-electron chi connectivity index (χ0n) is 8.16. The lowest BCUT2D eigenvalue weighted by Gasteiger charge is -2.21. The second kappa shape index (κ2) is 5.34. The summed E-state index contributed by atoms with van der Waals surface area (Å²) in [5, 5.41) is 0.299. The van der Waals surface area contributed by atoms with E-state index in [1.165, 1.54) is 4.90 Å². The van der Waals surface area contributed by atoms with Crippen molar-refractivity contribution in [2.75, 3.05) is 18.5 Å². The number of Topliss-reactive ketones (excluding diaryl/α,β-unsaturated/α-hetero) is 1. The van der Waals surface area contributed by atoms with E-state index in [0.717, 1.165) is 12.8 Å². The van der Waals surface area contributed by atoms with Gasteiger partial charge in [-0.3, -0.25) is 9.69 Å². The number of carbonyl (C=O) groups is 2. The van der Waals surface area contributed by atoms with Crippen molar-refractivity contribution in [2.45, 2.75) is 25.8 Å².